The number of nitrogens with zero attached hydrogens (tertiary/aromatic N) is 2. The fourth-order valence-electron chi connectivity index (χ4n) is 2.52. The van der Waals surface area contributed by atoms with Crippen LogP contribution in [0.2, 0.25) is 10.0 Å². The summed E-state index contributed by atoms with van der Waals surface area (Å²) in [5.41, 5.74) is -0.981. The van der Waals surface area contributed by atoms with Gasteiger partial charge in [0.05, 0.1) is 15.7 Å². The van der Waals surface area contributed by atoms with Crippen LogP contribution in [0.25, 0.3) is 16.9 Å². The minimum atomic E-state index is -4.03. The van der Waals surface area contributed by atoms with Crippen molar-refractivity contribution < 1.29 is 26.0 Å². The summed E-state index contributed by atoms with van der Waals surface area (Å²) in [4.78, 5) is -0.855. The highest BCUT2D eigenvalue weighted by Gasteiger charge is 2.23. The maximum absolute atomic E-state index is 14.6. The van der Waals surface area contributed by atoms with Crippen LogP contribution in [0, 0.1) is 11.6 Å². The Labute approximate surface area is 167 Å². The number of alkyl halides is 2. The Bertz CT molecular complexity index is 1180. The van der Waals surface area contributed by atoms with Crippen LogP contribution in [0.3, 0.4) is 0 Å². The number of halogens is 6. The van der Waals surface area contributed by atoms with Gasteiger partial charge in [-0.2, -0.15) is 5.10 Å². The molecule has 1 aromatic heterocycles. The molecule has 0 aliphatic carbocycles. The molecule has 1 heterocycles. The molecule has 2 aromatic carbocycles. The second-order valence-corrected chi connectivity index (χ2v) is 8.60. The molecular weight excluding hydrogens is 443 g/mol. The molecule has 0 fully saturated rings. The van der Waals surface area contributed by atoms with Gasteiger partial charge in [-0.05, 0) is 24.3 Å². The van der Waals surface area contributed by atoms with E-state index in [0.29, 0.717) is 18.4 Å². The molecule has 0 amide bonds. The zero-order valence-electron chi connectivity index (χ0n) is 13.9. The standard InChI is InChI=1S/C17H10Cl2F4N2O2S/c1-28(26,27)16-6-11(20)15(5-12(16)21)25-14(7-13(24-25)17(22)23)8-2-3-9(18)10(19)4-8/h2-7,17H,1H3. The molecule has 3 aromatic rings. The number of sulfone groups is 1. The molecule has 28 heavy (non-hydrogen) atoms. The summed E-state index contributed by atoms with van der Waals surface area (Å²) in [5, 5.41) is 3.96. The average molecular weight is 453 g/mol. The first kappa shape index (κ1) is 20.6. The highest BCUT2D eigenvalue weighted by Crippen LogP contribution is 2.33. The molecule has 0 aliphatic rings. The summed E-state index contributed by atoms with van der Waals surface area (Å²) >= 11 is 11.8. The van der Waals surface area contributed by atoms with Gasteiger partial charge in [0.2, 0.25) is 0 Å². The molecule has 0 saturated heterocycles. The lowest BCUT2D eigenvalue weighted by Crippen LogP contribution is -2.08. The van der Waals surface area contributed by atoms with Crippen LogP contribution in [0.5, 0.6) is 0 Å². The topological polar surface area (TPSA) is 52.0 Å². The fraction of sp³-hybridized carbons (Fsp3) is 0.118. The normalized spacial score (nSPS) is 12.0. The predicted octanol–water partition coefficient (Wildman–Crippen LogP) is 5.47. The van der Waals surface area contributed by atoms with Gasteiger partial charge < -0.3 is 0 Å². The molecule has 0 N–H and O–H groups in total. The lowest BCUT2D eigenvalue weighted by atomic mass is 10.1. The van der Waals surface area contributed by atoms with Gasteiger partial charge >= 0.3 is 0 Å². The summed E-state index contributed by atoms with van der Waals surface area (Å²) in [6.45, 7) is 0. The van der Waals surface area contributed by atoms with Crippen molar-refractivity contribution in [1.29, 1.82) is 0 Å². The first-order valence-corrected chi connectivity index (χ1v) is 10.2. The van der Waals surface area contributed by atoms with E-state index in [2.05, 4.69) is 5.10 Å². The third-order valence-corrected chi connectivity index (χ3v) is 5.65. The van der Waals surface area contributed by atoms with Crippen molar-refractivity contribution in [2.75, 3.05) is 6.26 Å². The molecule has 0 unspecified atom stereocenters. The Morgan fingerprint density at radius 3 is 2.25 bits per heavy atom. The number of hydrogen-bond acceptors (Lipinski definition) is 3. The van der Waals surface area contributed by atoms with Gasteiger partial charge in [-0.15, -0.1) is 0 Å². The van der Waals surface area contributed by atoms with E-state index in [9.17, 15) is 26.0 Å². The van der Waals surface area contributed by atoms with Gasteiger partial charge in [0.15, 0.2) is 9.84 Å². The quantitative estimate of drug-likeness (QED) is 0.493. The van der Waals surface area contributed by atoms with Crippen LogP contribution in [0.15, 0.2) is 41.3 Å². The summed E-state index contributed by atoms with van der Waals surface area (Å²) in [6, 6.07) is 6.24. The largest absolute Gasteiger partial charge is 0.282 e. The molecule has 0 atom stereocenters. The molecule has 0 aliphatic heterocycles. The minimum Gasteiger partial charge on any atom is -0.230 e. The van der Waals surface area contributed by atoms with E-state index < -0.39 is 44.2 Å². The van der Waals surface area contributed by atoms with Crippen molar-refractivity contribution in [1.82, 2.24) is 9.78 Å². The zero-order chi connectivity index (χ0) is 20.8. The second kappa shape index (κ2) is 7.38. The number of aromatic nitrogens is 2. The Kier molecular flexibility index (Phi) is 5.44. The Morgan fingerprint density at radius 1 is 1.00 bits per heavy atom. The van der Waals surface area contributed by atoms with Crippen molar-refractivity contribution in [3.05, 3.63) is 63.8 Å². The van der Waals surface area contributed by atoms with E-state index in [1.54, 1.807) is 0 Å². The van der Waals surface area contributed by atoms with Gasteiger partial charge in [0, 0.05) is 17.9 Å². The monoisotopic (exact) mass is 452 g/mol. The van der Waals surface area contributed by atoms with Crippen molar-refractivity contribution in [2.45, 2.75) is 11.3 Å². The lowest BCUT2D eigenvalue weighted by Gasteiger charge is -2.11. The van der Waals surface area contributed by atoms with Crippen LogP contribution >= 0.6 is 23.2 Å². The van der Waals surface area contributed by atoms with Crippen molar-refractivity contribution >= 4 is 33.0 Å². The summed E-state index contributed by atoms with van der Waals surface area (Å²) in [6.07, 6.45) is -2.26. The van der Waals surface area contributed by atoms with E-state index in [0.717, 1.165) is 10.7 Å². The SMILES string of the molecule is CS(=O)(=O)c1cc(F)c(-n2nc(C(F)F)cc2-c2ccc(Cl)c(Cl)c2)cc1F. The third-order valence-electron chi connectivity index (χ3n) is 3.80. The first-order valence-electron chi connectivity index (χ1n) is 7.52. The van der Waals surface area contributed by atoms with Gasteiger partial charge in [-0.25, -0.2) is 30.7 Å². The van der Waals surface area contributed by atoms with Gasteiger partial charge in [0.25, 0.3) is 6.43 Å². The van der Waals surface area contributed by atoms with Gasteiger partial charge in [0.1, 0.15) is 27.9 Å². The first-order chi connectivity index (χ1) is 13.0. The maximum Gasteiger partial charge on any atom is 0.282 e. The Hall–Kier alpha value is -2.10. The van der Waals surface area contributed by atoms with E-state index in [1.807, 2.05) is 0 Å². The molecule has 0 spiro atoms. The van der Waals surface area contributed by atoms with E-state index >= 15 is 0 Å². The molecule has 3 rings (SSSR count). The Balaban J connectivity index is 2.27. The Morgan fingerprint density at radius 2 is 1.68 bits per heavy atom. The van der Waals surface area contributed by atoms with Crippen molar-refractivity contribution in [2.24, 2.45) is 0 Å². The number of benzene rings is 2. The molecular formula is C17H10Cl2F4N2O2S. The molecule has 0 bridgehead atoms. The van der Waals surface area contributed by atoms with Crippen LogP contribution in [-0.4, -0.2) is 24.5 Å². The minimum absolute atomic E-state index is 0.0146. The van der Waals surface area contributed by atoms with Crippen LogP contribution < -0.4 is 0 Å². The smallest absolute Gasteiger partial charge is 0.230 e. The third kappa shape index (κ3) is 3.87. The highest BCUT2D eigenvalue weighted by molar-refractivity contribution is 7.90. The van der Waals surface area contributed by atoms with Crippen LogP contribution in [0.1, 0.15) is 12.1 Å². The fourth-order valence-corrected chi connectivity index (χ4v) is 3.54. The molecule has 0 saturated carbocycles. The second-order valence-electron chi connectivity index (χ2n) is 5.80. The lowest BCUT2D eigenvalue weighted by molar-refractivity contribution is 0.145. The number of rotatable bonds is 4. The van der Waals surface area contributed by atoms with Crippen molar-refractivity contribution in [3.63, 3.8) is 0 Å². The zero-order valence-corrected chi connectivity index (χ0v) is 16.3. The van der Waals surface area contributed by atoms with Gasteiger partial charge in [-0.1, -0.05) is 29.3 Å². The van der Waals surface area contributed by atoms with Crippen molar-refractivity contribution in [3.8, 4) is 16.9 Å². The maximum atomic E-state index is 14.6. The molecule has 0 radical (unpaired) electrons. The average Bonchev–Trinajstić information content (AvgIpc) is 3.03. The van der Waals surface area contributed by atoms with Gasteiger partial charge in [-0.3, -0.25) is 0 Å². The predicted molar refractivity (Wildman–Crippen MR) is 97.0 cm³/mol. The van der Waals surface area contributed by atoms with Crippen LogP contribution in [-0.2, 0) is 9.84 Å². The molecule has 148 valence electrons. The van der Waals surface area contributed by atoms with E-state index in [-0.39, 0.29) is 21.3 Å². The van der Waals surface area contributed by atoms with E-state index in [1.165, 1.54) is 18.2 Å². The summed E-state index contributed by atoms with van der Waals surface area (Å²) in [7, 11) is -4.03. The number of hydrogen-bond donors (Lipinski definition) is 0. The molecule has 11 heteroatoms. The summed E-state index contributed by atoms with van der Waals surface area (Å²) < 4.78 is 79.0. The van der Waals surface area contributed by atoms with E-state index in [4.69, 9.17) is 23.2 Å². The molecule has 4 nitrogen and oxygen atoms in total. The van der Waals surface area contributed by atoms with Crippen LogP contribution in [0.4, 0.5) is 17.6 Å². The highest BCUT2D eigenvalue weighted by atomic mass is 35.5. The summed E-state index contributed by atoms with van der Waals surface area (Å²) in [5.74, 6) is -2.40.